The fraction of sp³-hybridized carbons (Fsp3) is 0.667. The highest BCUT2D eigenvalue weighted by atomic mass is 35.5. The Kier molecular flexibility index (Phi) is 3.99. The van der Waals surface area contributed by atoms with Crippen molar-refractivity contribution in [2.45, 2.75) is 26.2 Å². The van der Waals surface area contributed by atoms with Gasteiger partial charge in [-0.05, 0) is 37.7 Å². The van der Waals surface area contributed by atoms with E-state index in [0.29, 0.717) is 11.8 Å². The molecule has 2 unspecified atom stereocenters. The summed E-state index contributed by atoms with van der Waals surface area (Å²) >= 11 is 5.96. The maximum atomic E-state index is 5.96. The van der Waals surface area contributed by atoms with Crippen LogP contribution in [0.5, 0.6) is 0 Å². The molecule has 0 aliphatic heterocycles. The Bertz CT molecular complexity index is 343. The summed E-state index contributed by atoms with van der Waals surface area (Å²) < 4.78 is 0. The molecule has 3 nitrogen and oxygen atoms in total. The van der Waals surface area contributed by atoms with Crippen molar-refractivity contribution in [3.63, 3.8) is 0 Å². The number of rotatable bonds is 4. The standard InChI is InChI=1S/C12H18ClN3/c1-9-14-6-5-12(16-9)15-8-11-4-2-3-10(11)7-13/h5-6,10-11H,2-4,7-8H2,1H3,(H,14,15,16). The molecule has 4 heteroatoms. The maximum absolute atomic E-state index is 5.96. The van der Waals surface area contributed by atoms with E-state index in [4.69, 9.17) is 11.6 Å². The monoisotopic (exact) mass is 239 g/mol. The Morgan fingerprint density at radius 3 is 3.00 bits per heavy atom. The Balaban J connectivity index is 1.87. The first-order valence-corrected chi connectivity index (χ1v) is 6.42. The molecule has 0 bridgehead atoms. The SMILES string of the molecule is Cc1nccc(NCC2CCCC2CCl)n1. The summed E-state index contributed by atoms with van der Waals surface area (Å²) in [6.07, 6.45) is 5.66. The molecule has 1 heterocycles. The fourth-order valence-electron chi connectivity index (χ4n) is 2.38. The second-order valence-corrected chi connectivity index (χ2v) is 4.78. The molecule has 1 saturated carbocycles. The first kappa shape index (κ1) is 11.6. The molecule has 16 heavy (non-hydrogen) atoms. The average Bonchev–Trinajstić information content (AvgIpc) is 2.74. The molecule has 2 atom stereocenters. The molecule has 1 N–H and O–H groups in total. The van der Waals surface area contributed by atoms with Crippen molar-refractivity contribution in [2.24, 2.45) is 11.8 Å². The minimum absolute atomic E-state index is 0.678. The van der Waals surface area contributed by atoms with Crippen molar-refractivity contribution in [3.05, 3.63) is 18.1 Å². The average molecular weight is 240 g/mol. The van der Waals surface area contributed by atoms with Crippen LogP contribution in [0.1, 0.15) is 25.1 Å². The van der Waals surface area contributed by atoms with Crippen LogP contribution in [-0.2, 0) is 0 Å². The van der Waals surface area contributed by atoms with Gasteiger partial charge in [0.2, 0.25) is 0 Å². The molecule has 0 radical (unpaired) electrons. The van der Waals surface area contributed by atoms with Gasteiger partial charge in [0.15, 0.2) is 0 Å². The Morgan fingerprint density at radius 2 is 2.25 bits per heavy atom. The minimum atomic E-state index is 0.678. The quantitative estimate of drug-likeness (QED) is 0.822. The van der Waals surface area contributed by atoms with Gasteiger partial charge in [0.05, 0.1) is 0 Å². The molecular weight excluding hydrogens is 222 g/mol. The van der Waals surface area contributed by atoms with Crippen molar-refractivity contribution >= 4 is 17.4 Å². The summed E-state index contributed by atoms with van der Waals surface area (Å²) in [5.41, 5.74) is 0. The van der Waals surface area contributed by atoms with Crippen LogP contribution in [0.15, 0.2) is 12.3 Å². The maximum Gasteiger partial charge on any atom is 0.129 e. The van der Waals surface area contributed by atoms with Gasteiger partial charge in [-0.2, -0.15) is 0 Å². The zero-order valence-electron chi connectivity index (χ0n) is 9.62. The molecule has 0 spiro atoms. The molecule has 2 rings (SSSR count). The topological polar surface area (TPSA) is 37.8 Å². The fourth-order valence-corrected chi connectivity index (χ4v) is 2.78. The summed E-state index contributed by atoms with van der Waals surface area (Å²) in [6.45, 7) is 2.89. The minimum Gasteiger partial charge on any atom is -0.370 e. The molecule has 0 aromatic carbocycles. The van der Waals surface area contributed by atoms with Crippen molar-refractivity contribution in [3.8, 4) is 0 Å². The first-order chi connectivity index (χ1) is 7.79. The third kappa shape index (κ3) is 2.85. The Hall–Kier alpha value is -0.830. The van der Waals surface area contributed by atoms with Gasteiger partial charge >= 0.3 is 0 Å². The molecule has 1 fully saturated rings. The summed E-state index contributed by atoms with van der Waals surface area (Å²) in [5, 5.41) is 3.38. The number of hydrogen-bond acceptors (Lipinski definition) is 3. The molecule has 1 aromatic heterocycles. The lowest BCUT2D eigenvalue weighted by molar-refractivity contribution is 0.444. The van der Waals surface area contributed by atoms with E-state index < -0.39 is 0 Å². The number of aryl methyl sites for hydroxylation is 1. The number of hydrogen-bond donors (Lipinski definition) is 1. The van der Waals surface area contributed by atoms with Gasteiger partial charge in [-0.3, -0.25) is 0 Å². The van der Waals surface area contributed by atoms with Crippen molar-refractivity contribution in [2.75, 3.05) is 17.7 Å². The molecule has 1 aromatic rings. The summed E-state index contributed by atoms with van der Waals surface area (Å²) in [5.74, 6) is 3.90. The van der Waals surface area contributed by atoms with E-state index >= 15 is 0 Å². The van der Waals surface area contributed by atoms with Crippen molar-refractivity contribution in [1.29, 1.82) is 0 Å². The van der Waals surface area contributed by atoms with Gasteiger partial charge in [-0.25, -0.2) is 9.97 Å². The van der Waals surface area contributed by atoms with E-state index in [1.807, 2.05) is 13.0 Å². The van der Waals surface area contributed by atoms with Gasteiger partial charge in [-0.1, -0.05) is 6.42 Å². The second-order valence-electron chi connectivity index (χ2n) is 4.48. The zero-order chi connectivity index (χ0) is 11.4. The molecule has 0 saturated heterocycles. The molecule has 0 amide bonds. The summed E-state index contributed by atoms with van der Waals surface area (Å²) in [7, 11) is 0. The largest absolute Gasteiger partial charge is 0.370 e. The van der Waals surface area contributed by atoms with Crippen LogP contribution >= 0.6 is 11.6 Å². The third-order valence-electron chi connectivity index (χ3n) is 3.34. The zero-order valence-corrected chi connectivity index (χ0v) is 10.4. The van der Waals surface area contributed by atoms with E-state index in [1.54, 1.807) is 6.20 Å². The lowest BCUT2D eigenvalue weighted by Crippen LogP contribution is -2.19. The number of aromatic nitrogens is 2. The van der Waals surface area contributed by atoms with Crippen LogP contribution in [-0.4, -0.2) is 22.4 Å². The number of alkyl halides is 1. The smallest absolute Gasteiger partial charge is 0.129 e. The highest BCUT2D eigenvalue weighted by molar-refractivity contribution is 6.18. The van der Waals surface area contributed by atoms with Gasteiger partial charge in [-0.15, -0.1) is 11.6 Å². The Labute approximate surface area is 102 Å². The molecule has 88 valence electrons. The summed E-state index contributed by atoms with van der Waals surface area (Å²) in [6, 6.07) is 1.91. The van der Waals surface area contributed by atoms with Crippen LogP contribution in [0.25, 0.3) is 0 Å². The van der Waals surface area contributed by atoms with Crippen molar-refractivity contribution in [1.82, 2.24) is 9.97 Å². The lowest BCUT2D eigenvalue weighted by Gasteiger charge is -2.17. The van der Waals surface area contributed by atoms with Gasteiger partial charge in [0, 0.05) is 18.6 Å². The summed E-state index contributed by atoms with van der Waals surface area (Å²) in [4.78, 5) is 8.41. The molecular formula is C12H18ClN3. The normalized spacial score (nSPS) is 24.6. The third-order valence-corrected chi connectivity index (χ3v) is 3.73. The predicted molar refractivity (Wildman–Crippen MR) is 66.8 cm³/mol. The van der Waals surface area contributed by atoms with E-state index in [-0.39, 0.29) is 0 Å². The molecule has 1 aliphatic carbocycles. The second kappa shape index (κ2) is 5.48. The highest BCUT2D eigenvalue weighted by Crippen LogP contribution is 2.32. The van der Waals surface area contributed by atoms with E-state index in [9.17, 15) is 0 Å². The van der Waals surface area contributed by atoms with Gasteiger partial charge < -0.3 is 5.32 Å². The van der Waals surface area contributed by atoms with Crippen LogP contribution in [0, 0.1) is 18.8 Å². The number of nitrogens with zero attached hydrogens (tertiary/aromatic N) is 2. The van der Waals surface area contributed by atoms with Gasteiger partial charge in [0.25, 0.3) is 0 Å². The number of halogens is 1. The van der Waals surface area contributed by atoms with E-state index in [0.717, 1.165) is 24.1 Å². The van der Waals surface area contributed by atoms with Crippen LogP contribution in [0.4, 0.5) is 5.82 Å². The van der Waals surface area contributed by atoms with Crippen LogP contribution in [0.3, 0.4) is 0 Å². The van der Waals surface area contributed by atoms with Crippen molar-refractivity contribution < 1.29 is 0 Å². The number of nitrogens with one attached hydrogen (secondary N) is 1. The highest BCUT2D eigenvalue weighted by Gasteiger charge is 2.26. The molecule has 1 aliphatic rings. The van der Waals surface area contributed by atoms with Crippen LogP contribution in [0.2, 0.25) is 0 Å². The van der Waals surface area contributed by atoms with E-state index in [1.165, 1.54) is 19.3 Å². The van der Waals surface area contributed by atoms with Crippen LogP contribution < -0.4 is 5.32 Å². The Morgan fingerprint density at radius 1 is 1.44 bits per heavy atom. The predicted octanol–water partition coefficient (Wildman–Crippen LogP) is 2.85. The van der Waals surface area contributed by atoms with E-state index in [2.05, 4.69) is 15.3 Å². The number of anilines is 1. The van der Waals surface area contributed by atoms with Gasteiger partial charge in [0.1, 0.15) is 11.6 Å². The first-order valence-electron chi connectivity index (χ1n) is 5.89. The lowest BCUT2D eigenvalue weighted by atomic mass is 9.98.